The molecule has 17 heavy (non-hydrogen) atoms. The van der Waals surface area contributed by atoms with Gasteiger partial charge in [0.2, 0.25) is 0 Å². The minimum atomic E-state index is 0.568. The highest BCUT2D eigenvalue weighted by Crippen LogP contribution is 2.34. The average molecular weight is 241 g/mol. The monoisotopic (exact) mass is 241 g/mol. The van der Waals surface area contributed by atoms with Gasteiger partial charge in [0.25, 0.3) is 0 Å². The van der Waals surface area contributed by atoms with Crippen LogP contribution in [0, 0.1) is 11.8 Å². The van der Waals surface area contributed by atoms with Gasteiger partial charge in [0.15, 0.2) is 0 Å². The average Bonchev–Trinajstić information content (AvgIpc) is 2.23. The molecule has 1 aliphatic rings. The summed E-state index contributed by atoms with van der Waals surface area (Å²) in [6.07, 6.45) is 8.56. The largest absolute Gasteiger partial charge is 0.378 e. The molecule has 1 saturated carbocycles. The number of ether oxygens (including phenoxy) is 1. The van der Waals surface area contributed by atoms with Crippen LogP contribution in [0.1, 0.15) is 59.3 Å². The molecule has 0 saturated heterocycles. The minimum Gasteiger partial charge on any atom is -0.378 e. The van der Waals surface area contributed by atoms with Crippen molar-refractivity contribution in [3.05, 3.63) is 0 Å². The zero-order valence-electron chi connectivity index (χ0n) is 12.2. The molecule has 0 heterocycles. The van der Waals surface area contributed by atoms with Gasteiger partial charge in [0, 0.05) is 12.6 Å². The molecule has 1 fully saturated rings. The standard InChI is InChI=1S/C15H31NO/c1-5-17-15-10-13(11-15)9-14(16-4)8-6-7-12(2)3/h12-16H,5-11H2,1-4H3. The van der Waals surface area contributed by atoms with Crippen molar-refractivity contribution in [1.29, 1.82) is 0 Å². The van der Waals surface area contributed by atoms with Crippen LogP contribution < -0.4 is 5.32 Å². The van der Waals surface area contributed by atoms with Crippen LogP contribution in [0.3, 0.4) is 0 Å². The number of nitrogens with one attached hydrogen (secondary N) is 1. The summed E-state index contributed by atoms with van der Waals surface area (Å²) in [5, 5.41) is 3.48. The Morgan fingerprint density at radius 3 is 2.47 bits per heavy atom. The molecule has 0 radical (unpaired) electrons. The normalized spacial score (nSPS) is 25.9. The molecule has 1 aliphatic carbocycles. The summed E-state index contributed by atoms with van der Waals surface area (Å²) in [4.78, 5) is 0. The van der Waals surface area contributed by atoms with E-state index in [0.29, 0.717) is 6.10 Å². The van der Waals surface area contributed by atoms with Crippen molar-refractivity contribution in [1.82, 2.24) is 5.32 Å². The van der Waals surface area contributed by atoms with Gasteiger partial charge in [-0.25, -0.2) is 0 Å². The highest BCUT2D eigenvalue weighted by atomic mass is 16.5. The molecule has 0 bridgehead atoms. The quantitative estimate of drug-likeness (QED) is 0.666. The maximum absolute atomic E-state index is 5.62. The second-order valence-corrected chi connectivity index (χ2v) is 5.96. The van der Waals surface area contributed by atoms with Crippen molar-refractivity contribution < 1.29 is 4.74 Å². The van der Waals surface area contributed by atoms with Crippen molar-refractivity contribution in [2.75, 3.05) is 13.7 Å². The van der Waals surface area contributed by atoms with Crippen molar-refractivity contribution in [2.24, 2.45) is 11.8 Å². The molecule has 0 aliphatic heterocycles. The molecule has 0 aromatic carbocycles. The molecule has 2 heteroatoms. The van der Waals surface area contributed by atoms with Crippen LogP contribution in [0.4, 0.5) is 0 Å². The van der Waals surface area contributed by atoms with E-state index in [1.165, 1.54) is 38.5 Å². The summed E-state index contributed by atoms with van der Waals surface area (Å²) in [6, 6.07) is 0.723. The summed E-state index contributed by atoms with van der Waals surface area (Å²) in [6.45, 7) is 7.59. The van der Waals surface area contributed by atoms with Gasteiger partial charge >= 0.3 is 0 Å². The molecule has 1 unspecified atom stereocenters. The third-order valence-electron chi connectivity index (χ3n) is 3.95. The Bertz CT molecular complexity index is 187. The van der Waals surface area contributed by atoms with Gasteiger partial charge in [-0.15, -0.1) is 0 Å². The van der Waals surface area contributed by atoms with E-state index >= 15 is 0 Å². The van der Waals surface area contributed by atoms with Gasteiger partial charge in [-0.3, -0.25) is 0 Å². The minimum absolute atomic E-state index is 0.568. The van der Waals surface area contributed by atoms with E-state index in [1.54, 1.807) is 0 Å². The molecule has 102 valence electrons. The highest BCUT2D eigenvalue weighted by molar-refractivity contribution is 4.83. The van der Waals surface area contributed by atoms with Crippen LogP contribution in [0.2, 0.25) is 0 Å². The summed E-state index contributed by atoms with van der Waals surface area (Å²) < 4.78 is 5.62. The lowest BCUT2D eigenvalue weighted by atomic mass is 9.77. The summed E-state index contributed by atoms with van der Waals surface area (Å²) in [5.74, 6) is 1.75. The first-order valence-electron chi connectivity index (χ1n) is 7.44. The van der Waals surface area contributed by atoms with Gasteiger partial charge in [0.1, 0.15) is 0 Å². The lowest BCUT2D eigenvalue weighted by molar-refractivity contribution is -0.0291. The zero-order chi connectivity index (χ0) is 12.7. The smallest absolute Gasteiger partial charge is 0.0580 e. The Morgan fingerprint density at radius 1 is 1.24 bits per heavy atom. The third-order valence-corrected chi connectivity index (χ3v) is 3.95. The molecule has 0 amide bonds. The van der Waals surface area contributed by atoms with E-state index < -0.39 is 0 Å². The Hall–Kier alpha value is -0.0800. The molecule has 0 aromatic heterocycles. The Morgan fingerprint density at radius 2 is 1.94 bits per heavy atom. The lowest BCUT2D eigenvalue weighted by Crippen LogP contribution is -2.37. The van der Waals surface area contributed by atoms with Crippen molar-refractivity contribution in [3.63, 3.8) is 0 Å². The second kappa shape index (κ2) is 8.10. The molecule has 2 nitrogen and oxygen atoms in total. The maximum atomic E-state index is 5.62. The molecule has 1 rings (SSSR count). The van der Waals surface area contributed by atoms with E-state index in [0.717, 1.165) is 24.5 Å². The maximum Gasteiger partial charge on any atom is 0.0580 e. The van der Waals surface area contributed by atoms with E-state index in [4.69, 9.17) is 4.74 Å². The van der Waals surface area contributed by atoms with Crippen LogP contribution in [0.25, 0.3) is 0 Å². The second-order valence-electron chi connectivity index (χ2n) is 5.96. The SMILES string of the molecule is CCOC1CC(CC(CCCC(C)C)NC)C1. The summed E-state index contributed by atoms with van der Waals surface area (Å²) in [5.41, 5.74) is 0. The number of rotatable bonds is 9. The van der Waals surface area contributed by atoms with Crippen LogP contribution in [0.15, 0.2) is 0 Å². The van der Waals surface area contributed by atoms with Crippen LogP contribution in [0.5, 0.6) is 0 Å². The topological polar surface area (TPSA) is 21.3 Å². The summed E-state index contributed by atoms with van der Waals surface area (Å²) in [7, 11) is 2.11. The Balaban J connectivity index is 2.07. The third kappa shape index (κ3) is 5.87. The van der Waals surface area contributed by atoms with Crippen LogP contribution >= 0.6 is 0 Å². The van der Waals surface area contributed by atoms with E-state index in [2.05, 4.69) is 33.1 Å². The Labute approximate surface area is 108 Å². The fourth-order valence-electron chi connectivity index (χ4n) is 2.79. The van der Waals surface area contributed by atoms with Crippen LogP contribution in [-0.4, -0.2) is 25.8 Å². The van der Waals surface area contributed by atoms with E-state index in [9.17, 15) is 0 Å². The molecule has 1 N–H and O–H groups in total. The number of hydrogen-bond donors (Lipinski definition) is 1. The van der Waals surface area contributed by atoms with E-state index in [1.807, 2.05) is 0 Å². The van der Waals surface area contributed by atoms with Gasteiger partial charge < -0.3 is 10.1 Å². The van der Waals surface area contributed by atoms with Gasteiger partial charge in [-0.1, -0.05) is 26.7 Å². The van der Waals surface area contributed by atoms with Gasteiger partial charge in [-0.05, 0) is 51.5 Å². The predicted molar refractivity (Wildman–Crippen MR) is 74.3 cm³/mol. The molecule has 0 aromatic rings. The lowest BCUT2D eigenvalue weighted by Gasteiger charge is -2.37. The summed E-state index contributed by atoms with van der Waals surface area (Å²) >= 11 is 0. The van der Waals surface area contributed by atoms with Crippen molar-refractivity contribution in [3.8, 4) is 0 Å². The highest BCUT2D eigenvalue weighted by Gasteiger charge is 2.30. The van der Waals surface area contributed by atoms with Crippen molar-refractivity contribution in [2.45, 2.75) is 71.4 Å². The Kier molecular flexibility index (Phi) is 7.14. The van der Waals surface area contributed by atoms with Gasteiger partial charge in [0.05, 0.1) is 6.10 Å². The first-order valence-corrected chi connectivity index (χ1v) is 7.44. The number of hydrogen-bond acceptors (Lipinski definition) is 2. The van der Waals surface area contributed by atoms with E-state index in [-0.39, 0.29) is 0 Å². The molecule has 0 spiro atoms. The fourth-order valence-corrected chi connectivity index (χ4v) is 2.79. The first-order chi connectivity index (χ1) is 8.15. The van der Waals surface area contributed by atoms with Gasteiger partial charge in [-0.2, -0.15) is 0 Å². The first kappa shape index (κ1) is 15.0. The fraction of sp³-hybridized carbons (Fsp3) is 1.00. The molecular formula is C15H31NO. The molecular weight excluding hydrogens is 210 g/mol. The van der Waals surface area contributed by atoms with Crippen LogP contribution in [-0.2, 0) is 4.74 Å². The van der Waals surface area contributed by atoms with Crippen molar-refractivity contribution >= 4 is 0 Å². The predicted octanol–water partition coefficient (Wildman–Crippen LogP) is 3.61. The molecule has 1 atom stereocenters. The zero-order valence-corrected chi connectivity index (χ0v) is 12.2.